The van der Waals surface area contributed by atoms with Crippen LogP contribution in [0.2, 0.25) is 0 Å². The summed E-state index contributed by atoms with van der Waals surface area (Å²) in [6.45, 7) is 13.0. The van der Waals surface area contributed by atoms with Gasteiger partial charge in [0.2, 0.25) is 0 Å². The van der Waals surface area contributed by atoms with Crippen molar-refractivity contribution < 1.29 is 14.9 Å². The van der Waals surface area contributed by atoms with Crippen molar-refractivity contribution in [3.05, 3.63) is 48.1 Å². The zero-order valence-electron chi connectivity index (χ0n) is 16.5. The first-order valence-corrected chi connectivity index (χ1v) is 9.94. The molecule has 0 heterocycles. The lowest BCUT2D eigenvalue weighted by Gasteiger charge is -2.59. The van der Waals surface area contributed by atoms with Crippen LogP contribution in [0.5, 0.6) is 0 Å². The highest BCUT2D eigenvalue weighted by Gasteiger charge is 2.59. The summed E-state index contributed by atoms with van der Waals surface area (Å²) < 4.78 is 5.27. The second kappa shape index (κ2) is 7.10. The first-order valence-electron chi connectivity index (χ1n) is 9.94. The Labute approximate surface area is 158 Å². The fourth-order valence-corrected chi connectivity index (χ4v) is 5.99. The summed E-state index contributed by atoms with van der Waals surface area (Å²) in [5.41, 5.74) is 1.92. The summed E-state index contributed by atoms with van der Waals surface area (Å²) in [5.74, 6) is 0.509. The summed E-state index contributed by atoms with van der Waals surface area (Å²) in [5, 5.41) is 22.8. The van der Waals surface area contributed by atoms with Crippen molar-refractivity contribution in [2.24, 2.45) is 23.2 Å². The molecule has 0 radical (unpaired) electrons. The number of aliphatic hydroxyl groups is 2. The fraction of sp³-hybridized carbons (Fsp3) is 0.652. The van der Waals surface area contributed by atoms with E-state index in [1.165, 1.54) is 5.57 Å². The Balaban J connectivity index is 2.01. The second-order valence-corrected chi connectivity index (χ2v) is 8.72. The molecule has 0 aliphatic heterocycles. The first-order chi connectivity index (χ1) is 12.3. The molecule has 144 valence electrons. The summed E-state index contributed by atoms with van der Waals surface area (Å²) in [7, 11) is 1.63. The van der Waals surface area contributed by atoms with Gasteiger partial charge in [-0.2, -0.15) is 0 Å². The highest BCUT2D eigenvalue weighted by molar-refractivity contribution is 5.44. The lowest BCUT2D eigenvalue weighted by Crippen LogP contribution is -2.60. The van der Waals surface area contributed by atoms with Gasteiger partial charge in [-0.1, -0.05) is 57.2 Å². The molecule has 0 aromatic heterocycles. The van der Waals surface area contributed by atoms with Crippen molar-refractivity contribution in [1.82, 2.24) is 0 Å². The number of methoxy groups -OCH3 is 1. The van der Waals surface area contributed by atoms with Crippen LogP contribution >= 0.6 is 0 Å². The molecule has 2 N–H and O–H groups in total. The highest BCUT2D eigenvalue weighted by atomic mass is 16.5. The van der Waals surface area contributed by atoms with E-state index in [4.69, 9.17) is 4.74 Å². The molecule has 2 fully saturated rings. The Morgan fingerprint density at radius 3 is 2.81 bits per heavy atom. The van der Waals surface area contributed by atoms with Gasteiger partial charge in [-0.25, -0.2) is 0 Å². The van der Waals surface area contributed by atoms with Crippen LogP contribution in [0.1, 0.15) is 46.0 Å². The van der Waals surface area contributed by atoms with Gasteiger partial charge in [-0.15, -0.1) is 0 Å². The minimum Gasteiger partial charge on any atom is -0.393 e. The topological polar surface area (TPSA) is 49.7 Å². The summed E-state index contributed by atoms with van der Waals surface area (Å²) >= 11 is 0. The summed E-state index contributed by atoms with van der Waals surface area (Å²) in [4.78, 5) is 0. The van der Waals surface area contributed by atoms with E-state index in [-0.39, 0.29) is 23.2 Å². The van der Waals surface area contributed by atoms with Crippen LogP contribution in [0.3, 0.4) is 0 Å². The molecule has 0 amide bonds. The van der Waals surface area contributed by atoms with Gasteiger partial charge in [0.05, 0.1) is 18.3 Å². The van der Waals surface area contributed by atoms with Crippen molar-refractivity contribution in [1.29, 1.82) is 0 Å². The average Bonchev–Trinajstić information content (AvgIpc) is 2.58. The van der Waals surface area contributed by atoms with E-state index in [9.17, 15) is 10.2 Å². The van der Waals surface area contributed by atoms with Crippen molar-refractivity contribution in [2.45, 2.75) is 57.7 Å². The molecule has 0 saturated heterocycles. The molecule has 0 bridgehead atoms. The van der Waals surface area contributed by atoms with E-state index in [2.05, 4.69) is 45.2 Å². The monoisotopic (exact) mass is 358 g/mol. The van der Waals surface area contributed by atoms with Gasteiger partial charge in [0.25, 0.3) is 0 Å². The molecule has 0 spiro atoms. The van der Waals surface area contributed by atoms with Crippen LogP contribution in [0.4, 0.5) is 0 Å². The van der Waals surface area contributed by atoms with Crippen molar-refractivity contribution in [3.63, 3.8) is 0 Å². The summed E-state index contributed by atoms with van der Waals surface area (Å²) in [6, 6.07) is 0. The molecule has 3 heteroatoms. The van der Waals surface area contributed by atoms with E-state index in [0.717, 1.165) is 31.3 Å². The Bertz CT molecular complexity index is 646. The third-order valence-corrected chi connectivity index (χ3v) is 7.19. The molecule has 3 aliphatic carbocycles. The van der Waals surface area contributed by atoms with Crippen LogP contribution in [-0.2, 0) is 4.74 Å². The number of hydrogen-bond acceptors (Lipinski definition) is 3. The van der Waals surface area contributed by atoms with Crippen molar-refractivity contribution >= 4 is 0 Å². The lowest BCUT2D eigenvalue weighted by molar-refractivity contribution is -0.152. The van der Waals surface area contributed by atoms with Crippen LogP contribution in [0, 0.1) is 23.2 Å². The van der Waals surface area contributed by atoms with Crippen LogP contribution in [-0.4, -0.2) is 35.6 Å². The van der Waals surface area contributed by atoms with Gasteiger partial charge < -0.3 is 14.9 Å². The van der Waals surface area contributed by atoms with E-state index in [1.54, 1.807) is 7.11 Å². The molecule has 26 heavy (non-hydrogen) atoms. The average molecular weight is 359 g/mol. The molecule has 2 saturated carbocycles. The normalized spacial score (nSPS) is 42.0. The Morgan fingerprint density at radius 1 is 1.42 bits per heavy atom. The molecule has 3 aliphatic rings. The number of rotatable bonds is 5. The second-order valence-electron chi connectivity index (χ2n) is 8.72. The zero-order chi connectivity index (χ0) is 19.1. The molecular weight excluding hydrogens is 324 g/mol. The quantitative estimate of drug-likeness (QED) is 0.725. The van der Waals surface area contributed by atoms with Gasteiger partial charge >= 0.3 is 0 Å². The lowest BCUT2D eigenvalue weighted by atomic mass is 9.48. The first kappa shape index (κ1) is 19.6. The van der Waals surface area contributed by atoms with E-state index < -0.39 is 11.7 Å². The molecule has 3 rings (SSSR count). The molecule has 0 aromatic rings. The van der Waals surface area contributed by atoms with E-state index >= 15 is 0 Å². The minimum absolute atomic E-state index is 0.112. The standard InChI is InChI=1S/C23H34O3/c1-6-7-19-18-9-8-17-12-15(2)10-11-22(17,4)21(18)20(24)13-23(19,25)16(3)14-26-5/h10-12,18-21,24-25H,2-3,6-9,13-14H2,1,4-5H3. The fourth-order valence-electron chi connectivity index (χ4n) is 5.99. The summed E-state index contributed by atoms with van der Waals surface area (Å²) in [6.07, 6.45) is 10.3. The Hall–Kier alpha value is -1.16. The van der Waals surface area contributed by atoms with Gasteiger partial charge in [-0.05, 0) is 42.2 Å². The Kier molecular flexibility index (Phi) is 5.35. The number of allylic oxidation sites excluding steroid dienone is 5. The van der Waals surface area contributed by atoms with Crippen LogP contribution < -0.4 is 0 Å². The van der Waals surface area contributed by atoms with Crippen molar-refractivity contribution in [2.75, 3.05) is 13.7 Å². The largest absolute Gasteiger partial charge is 0.393 e. The molecule has 3 nitrogen and oxygen atoms in total. The maximum Gasteiger partial charge on any atom is 0.0931 e. The molecule has 6 unspecified atom stereocenters. The van der Waals surface area contributed by atoms with E-state index in [0.29, 0.717) is 18.6 Å². The van der Waals surface area contributed by atoms with Gasteiger partial charge in [-0.3, -0.25) is 0 Å². The predicted molar refractivity (Wildman–Crippen MR) is 106 cm³/mol. The van der Waals surface area contributed by atoms with Crippen LogP contribution in [0.15, 0.2) is 48.1 Å². The maximum atomic E-state index is 11.6. The van der Waals surface area contributed by atoms with Gasteiger partial charge in [0, 0.05) is 24.9 Å². The Morgan fingerprint density at radius 2 is 2.15 bits per heavy atom. The third kappa shape index (κ3) is 2.94. The molecular formula is C23H34O3. The van der Waals surface area contributed by atoms with Crippen LogP contribution in [0.25, 0.3) is 0 Å². The molecule has 0 aromatic carbocycles. The minimum atomic E-state index is -1.05. The number of fused-ring (bicyclic) bond motifs is 3. The van der Waals surface area contributed by atoms with Gasteiger partial charge in [0.1, 0.15) is 0 Å². The highest BCUT2D eigenvalue weighted by Crippen LogP contribution is 2.60. The third-order valence-electron chi connectivity index (χ3n) is 7.19. The number of ether oxygens (including phenoxy) is 1. The SMILES string of the molecule is C=C1C=CC2(C)C(=C1)CCC1C2C(O)CC(O)(C(=C)COC)C1CCC. The zero-order valence-corrected chi connectivity index (χ0v) is 16.5. The van der Waals surface area contributed by atoms with Crippen molar-refractivity contribution in [3.8, 4) is 0 Å². The molecule has 6 atom stereocenters. The van der Waals surface area contributed by atoms with E-state index in [1.807, 2.05) is 0 Å². The smallest absolute Gasteiger partial charge is 0.0931 e. The number of hydrogen-bond donors (Lipinski definition) is 2. The van der Waals surface area contributed by atoms with Gasteiger partial charge in [0.15, 0.2) is 0 Å². The number of aliphatic hydroxyl groups excluding tert-OH is 1. The maximum absolute atomic E-state index is 11.6. The predicted octanol–water partition coefficient (Wildman–Crippen LogP) is 4.19.